The lowest BCUT2D eigenvalue weighted by molar-refractivity contribution is 0.0987. The molecule has 8 heteroatoms. The minimum atomic E-state index is -1.17. The van der Waals surface area contributed by atoms with E-state index in [1.165, 1.54) is 30.5 Å². The summed E-state index contributed by atoms with van der Waals surface area (Å²) in [5, 5.41) is -0.00779. The smallest absolute Gasteiger partial charge is 0.407 e. The second kappa shape index (κ2) is 6.27. The van der Waals surface area contributed by atoms with Gasteiger partial charge in [-0.15, -0.1) is 0 Å². The van der Waals surface area contributed by atoms with Crippen LogP contribution in [0.4, 0.5) is 9.18 Å². The molecule has 2 rings (SSSR count). The number of halogens is 2. The van der Waals surface area contributed by atoms with Crippen molar-refractivity contribution in [3.8, 4) is 5.75 Å². The number of carbonyl (C=O) groups excluding carboxylic acids is 2. The first-order chi connectivity index (χ1) is 9.97. The van der Waals surface area contributed by atoms with Gasteiger partial charge >= 0.3 is 6.09 Å². The van der Waals surface area contributed by atoms with Gasteiger partial charge in [0.2, 0.25) is 5.28 Å². The second-order valence-corrected chi connectivity index (χ2v) is 4.29. The lowest BCUT2D eigenvalue weighted by Gasteiger charge is -2.06. The van der Waals surface area contributed by atoms with E-state index in [-0.39, 0.29) is 17.3 Å². The summed E-state index contributed by atoms with van der Waals surface area (Å²) < 4.78 is 18.5. The van der Waals surface area contributed by atoms with Crippen molar-refractivity contribution in [2.24, 2.45) is 5.73 Å². The molecule has 0 aliphatic rings. The highest BCUT2D eigenvalue weighted by Crippen LogP contribution is 2.21. The number of nitrogens with zero attached hydrogens (tertiary/aromatic N) is 2. The molecule has 0 aliphatic carbocycles. The van der Waals surface area contributed by atoms with Gasteiger partial charge in [0.05, 0.1) is 17.7 Å². The van der Waals surface area contributed by atoms with Crippen LogP contribution in [0.3, 0.4) is 0 Å². The van der Waals surface area contributed by atoms with Crippen molar-refractivity contribution in [1.82, 2.24) is 9.97 Å². The summed E-state index contributed by atoms with van der Waals surface area (Å²) >= 11 is 5.61. The van der Waals surface area contributed by atoms with Crippen LogP contribution in [0.15, 0.2) is 30.5 Å². The Morgan fingerprint density at radius 1 is 1.33 bits per heavy atom. The molecule has 0 saturated carbocycles. The first kappa shape index (κ1) is 14.9. The Labute approximate surface area is 123 Å². The molecule has 0 spiro atoms. The van der Waals surface area contributed by atoms with E-state index in [0.717, 1.165) is 0 Å². The van der Waals surface area contributed by atoms with Gasteiger partial charge in [-0.3, -0.25) is 4.79 Å². The number of ketones is 1. The molecule has 0 unspecified atom stereocenters. The van der Waals surface area contributed by atoms with Gasteiger partial charge in [0, 0.05) is 6.20 Å². The van der Waals surface area contributed by atoms with Gasteiger partial charge in [-0.05, 0) is 29.8 Å². The average Bonchev–Trinajstić information content (AvgIpc) is 2.40. The molecule has 0 radical (unpaired) electrons. The van der Waals surface area contributed by atoms with Crippen LogP contribution in [0.1, 0.15) is 16.1 Å². The van der Waals surface area contributed by atoms with Crippen molar-refractivity contribution >= 4 is 23.5 Å². The first-order valence-corrected chi connectivity index (χ1v) is 6.11. The summed E-state index contributed by atoms with van der Waals surface area (Å²) in [6.45, 7) is 0. The van der Waals surface area contributed by atoms with Gasteiger partial charge < -0.3 is 10.5 Å². The number of amides is 1. The van der Waals surface area contributed by atoms with Crippen molar-refractivity contribution < 1.29 is 18.7 Å². The molecular formula is C13H9ClFN3O3. The van der Waals surface area contributed by atoms with Crippen molar-refractivity contribution in [3.05, 3.63) is 52.8 Å². The maximum absolute atomic E-state index is 14.1. The van der Waals surface area contributed by atoms with Crippen molar-refractivity contribution in [1.29, 1.82) is 0 Å². The van der Waals surface area contributed by atoms with Crippen LogP contribution >= 0.6 is 11.6 Å². The number of ether oxygens (including phenoxy) is 1. The van der Waals surface area contributed by atoms with Gasteiger partial charge in [0.25, 0.3) is 0 Å². The van der Waals surface area contributed by atoms with Crippen LogP contribution in [-0.4, -0.2) is 21.8 Å². The molecule has 108 valence electrons. The van der Waals surface area contributed by atoms with Crippen LogP contribution in [0.25, 0.3) is 0 Å². The Bertz CT molecular complexity index is 709. The third kappa shape index (κ3) is 3.73. The topological polar surface area (TPSA) is 95.2 Å². The van der Waals surface area contributed by atoms with Gasteiger partial charge in [0.15, 0.2) is 17.3 Å². The fraction of sp³-hybridized carbons (Fsp3) is 0.0769. The number of hydrogen-bond acceptors (Lipinski definition) is 5. The predicted octanol–water partition coefficient (Wildman–Crippen LogP) is 2.15. The van der Waals surface area contributed by atoms with Gasteiger partial charge in [-0.1, -0.05) is 6.07 Å². The molecule has 1 aromatic carbocycles. The number of Topliss-reactive ketones (excluding diaryl/α,β-unsaturated/α-hetero) is 1. The highest BCUT2D eigenvalue weighted by atomic mass is 35.5. The predicted molar refractivity (Wildman–Crippen MR) is 71.7 cm³/mol. The number of nitrogens with two attached hydrogens (primary N) is 1. The molecule has 2 N–H and O–H groups in total. The molecule has 6 nitrogen and oxygen atoms in total. The second-order valence-electron chi connectivity index (χ2n) is 3.96. The van der Waals surface area contributed by atoms with Crippen molar-refractivity contribution in [2.75, 3.05) is 0 Å². The molecular weight excluding hydrogens is 301 g/mol. The highest BCUT2D eigenvalue weighted by molar-refractivity contribution is 6.28. The fourth-order valence-corrected chi connectivity index (χ4v) is 1.81. The zero-order valence-corrected chi connectivity index (χ0v) is 11.3. The van der Waals surface area contributed by atoms with Gasteiger partial charge in [-0.25, -0.2) is 19.2 Å². The monoisotopic (exact) mass is 309 g/mol. The van der Waals surface area contributed by atoms with E-state index in [4.69, 9.17) is 17.3 Å². The molecule has 1 heterocycles. The number of benzene rings is 1. The fourth-order valence-electron chi connectivity index (χ4n) is 1.64. The summed E-state index contributed by atoms with van der Waals surface area (Å²) in [5.74, 6) is -1.91. The summed E-state index contributed by atoms with van der Waals surface area (Å²) in [6, 6.07) is 5.33. The molecule has 21 heavy (non-hydrogen) atoms. The number of aromatic nitrogens is 2. The maximum atomic E-state index is 14.1. The number of hydrogen-bond donors (Lipinski definition) is 1. The molecule has 0 bridgehead atoms. The van der Waals surface area contributed by atoms with E-state index in [1.54, 1.807) is 0 Å². The lowest BCUT2D eigenvalue weighted by atomic mass is 10.1. The largest absolute Gasteiger partial charge is 0.410 e. The van der Waals surface area contributed by atoms with E-state index >= 15 is 0 Å². The summed E-state index contributed by atoms with van der Waals surface area (Å²) in [6.07, 6.45) is 0.0567. The first-order valence-electron chi connectivity index (χ1n) is 5.74. The Hall–Kier alpha value is -2.54. The van der Waals surface area contributed by atoms with Crippen molar-refractivity contribution in [2.45, 2.75) is 6.42 Å². The normalized spacial score (nSPS) is 10.2. The van der Waals surface area contributed by atoms with E-state index in [0.29, 0.717) is 5.69 Å². The Morgan fingerprint density at radius 2 is 2.10 bits per heavy atom. The molecule has 1 amide bonds. The summed E-state index contributed by atoms with van der Waals surface area (Å²) in [5.41, 5.74) is 4.93. The lowest BCUT2D eigenvalue weighted by Crippen LogP contribution is -2.18. The van der Waals surface area contributed by atoms with E-state index < -0.39 is 23.4 Å². The molecule has 0 saturated heterocycles. The molecule has 0 fully saturated rings. The third-order valence-electron chi connectivity index (χ3n) is 2.50. The standard InChI is InChI=1S/C13H9ClFN3O3/c14-12-17-5-4-7(18-12)6-9(19)8-2-1-3-10(11(8)15)21-13(16)20/h1-5H,6H2,(H2,16,20). The van der Waals surface area contributed by atoms with E-state index in [9.17, 15) is 14.0 Å². The molecule has 1 aromatic heterocycles. The Kier molecular flexibility index (Phi) is 4.44. The van der Waals surface area contributed by atoms with Crippen LogP contribution in [0.5, 0.6) is 5.75 Å². The number of carbonyl (C=O) groups is 2. The van der Waals surface area contributed by atoms with Crippen LogP contribution < -0.4 is 10.5 Å². The van der Waals surface area contributed by atoms with E-state index in [2.05, 4.69) is 14.7 Å². The minimum absolute atomic E-state index is 0.00779. The van der Waals surface area contributed by atoms with Crippen LogP contribution in [-0.2, 0) is 6.42 Å². The van der Waals surface area contributed by atoms with Crippen LogP contribution in [0, 0.1) is 5.82 Å². The number of primary amides is 1. The Balaban J connectivity index is 2.25. The SMILES string of the molecule is NC(=O)Oc1cccc(C(=O)Cc2ccnc(Cl)n2)c1F. The minimum Gasteiger partial charge on any atom is -0.407 e. The van der Waals surface area contributed by atoms with Crippen LogP contribution in [0.2, 0.25) is 5.28 Å². The summed E-state index contributed by atoms with van der Waals surface area (Å²) in [4.78, 5) is 30.2. The maximum Gasteiger partial charge on any atom is 0.410 e. The van der Waals surface area contributed by atoms with Gasteiger partial charge in [-0.2, -0.15) is 0 Å². The summed E-state index contributed by atoms with van der Waals surface area (Å²) in [7, 11) is 0. The average molecular weight is 310 g/mol. The molecule has 2 aromatic rings. The highest BCUT2D eigenvalue weighted by Gasteiger charge is 2.18. The number of rotatable bonds is 4. The van der Waals surface area contributed by atoms with Gasteiger partial charge in [0.1, 0.15) is 0 Å². The van der Waals surface area contributed by atoms with Crippen molar-refractivity contribution in [3.63, 3.8) is 0 Å². The quantitative estimate of drug-likeness (QED) is 0.689. The van der Waals surface area contributed by atoms with E-state index in [1.807, 2.05) is 0 Å². The molecule has 0 atom stereocenters. The molecule has 0 aliphatic heterocycles. The zero-order valence-electron chi connectivity index (χ0n) is 10.5. The zero-order chi connectivity index (χ0) is 15.4. The Morgan fingerprint density at radius 3 is 2.76 bits per heavy atom. The third-order valence-corrected chi connectivity index (χ3v) is 2.68.